The van der Waals surface area contributed by atoms with Crippen molar-refractivity contribution in [2.24, 2.45) is 16.8 Å². The van der Waals surface area contributed by atoms with E-state index in [-0.39, 0.29) is 6.04 Å². The summed E-state index contributed by atoms with van der Waals surface area (Å²) in [5.74, 6) is 1.87. The lowest BCUT2D eigenvalue weighted by Crippen LogP contribution is -2.33. The van der Waals surface area contributed by atoms with Crippen LogP contribution in [-0.4, -0.2) is 35.8 Å². The van der Waals surface area contributed by atoms with Crippen LogP contribution in [0.3, 0.4) is 0 Å². The number of allylic oxidation sites excluding steroid dienone is 2. The van der Waals surface area contributed by atoms with Crippen LogP contribution in [0.5, 0.6) is 0 Å². The molecule has 0 saturated heterocycles. The molecule has 0 fully saturated rings. The minimum absolute atomic E-state index is 0.275. The van der Waals surface area contributed by atoms with Crippen molar-refractivity contribution in [3.63, 3.8) is 0 Å². The lowest BCUT2D eigenvalue weighted by molar-refractivity contribution is 0.463. The van der Waals surface area contributed by atoms with E-state index in [2.05, 4.69) is 93.9 Å². The highest BCUT2D eigenvalue weighted by atomic mass is 32.1. The first-order chi connectivity index (χ1) is 14.9. The van der Waals surface area contributed by atoms with Crippen LogP contribution in [0.4, 0.5) is 5.82 Å². The molecule has 0 saturated carbocycles. The van der Waals surface area contributed by atoms with Gasteiger partial charge in [0, 0.05) is 36.0 Å². The summed E-state index contributed by atoms with van der Waals surface area (Å²) >= 11 is 1.55. The van der Waals surface area contributed by atoms with Crippen molar-refractivity contribution >= 4 is 33.1 Å². The molecule has 30 heavy (non-hydrogen) atoms. The molecule has 2 N–H and O–H groups in total. The standard InChI is InChI=1S/C25H26N4S/c1-2-9-18(10-3-1)24-21(19-11-4-6-13-22(19)28-24)17-26-15-8-16-27-25-20-12-5-7-14-23(20)30-29-25/h1-7,9-14,19,21-22,26H,8,15-17H2,(H,27,29). The maximum Gasteiger partial charge on any atom is 0.147 e. The molecule has 0 spiro atoms. The van der Waals surface area contributed by atoms with Gasteiger partial charge >= 0.3 is 0 Å². The van der Waals surface area contributed by atoms with E-state index in [9.17, 15) is 0 Å². The number of hydrogen-bond donors (Lipinski definition) is 2. The van der Waals surface area contributed by atoms with Crippen molar-refractivity contribution in [2.75, 3.05) is 25.0 Å². The van der Waals surface area contributed by atoms with Gasteiger partial charge in [-0.25, -0.2) is 0 Å². The number of anilines is 1. The lowest BCUT2D eigenvalue weighted by atomic mass is 9.82. The maximum absolute atomic E-state index is 5.06. The summed E-state index contributed by atoms with van der Waals surface area (Å²) in [4.78, 5) is 5.06. The summed E-state index contributed by atoms with van der Waals surface area (Å²) in [7, 11) is 0. The molecule has 2 aliphatic rings. The van der Waals surface area contributed by atoms with Crippen molar-refractivity contribution in [1.82, 2.24) is 9.69 Å². The zero-order chi connectivity index (χ0) is 20.2. The van der Waals surface area contributed by atoms with Crippen molar-refractivity contribution < 1.29 is 0 Å². The molecule has 3 aromatic rings. The molecule has 1 aromatic heterocycles. The van der Waals surface area contributed by atoms with Crippen LogP contribution in [0.2, 0.25) is 0 Å². The Morgan fingerprint density at radius 1 is 0.900 bits per heavy atom. The Bertz CT molecular complexity index is 1080. The monoisotopic (exact) mass is 414 g/mol. The van der Waals surface area contributed by atoms with Gasteiger partial charge in [0.1, 0.15) is 5.82 Å². The number of fused-ring (bicyclic) bond motifs is 2. The Kier molecular flexibility index (Phi) is 5.73. The molecular formula is C25H26N4S. The van der Waals surface area contributed by atoms with Crippen LogP contribution in [-0.2, 0) is 0 Å². The van der Waals surface area contributed by atoms with Gasteiger partial charge in [-0.15, -0.1) is 0 Å². The molecule has 0 bridgehead atoms. The Labute approximate surface area is 181 Å². The van der Waals surface area contributed by atoms with Gasteiger partial charge in [-0.1, -0.05) is 66.8 Å². The fraction of sp³-hybridized carbons (Fsp3) is 0.280. The van der Waals surface area contributed by atoms with Crippen molar-refractivity contribution in [3.8, 4) is 0 Å². The first-order valence-electron chi connectivity index (χ1n) is 10.7. The number of benzene rings is 2. The van der Waals surface area contributed by atoms with Crippen LogP contribution in [0.1, 0.15) is 12.0 Å². The zero-order valence-corrected chi connectivity index (χ0v) is 17.7. The van der Waals surface area contributed by atoms with Gasteiger partial charge in [0.2, 0.25) is 0 Å². The summed E-state index contributed by atoms with van der Waals surface area (Å²) in [6.07, 6.45) is 9.90. The van der Waals surface area contributed by atoms with Crippen LogP contribution in [0, 0.1) is 11.8 Å². The molecule has 3 atom stereocenters. The minimum atomic E-state index is 0.275. The highest BCUT2D eigenvalue weighted by Crippen LogP contribution is 2.34. The highest BCUT2D eigenvalue weighted by Gasteiger charge is 2.36. The van der Waals surface area contributed by atoms with Gasteiger partial charge in [0.25, 0.3) is 0 Å². The topological polar surface area (TPSA) is 49.3 Å². The molecule has 4 nitrogen and oxygen atoms in total. The van der Waals surface area contributed by atoms with E-state index in [1.165, 1.54) is 21.4 Å². The van der Waals surface area contributed by atoms with Crippen LogP contribution < -0.4 is 10.6 Å². The molecule has 3 unspecified atom stereocenters. The number of nitrogens with zero attached hydrogens (tertiary/aromatic N) is 2. The summed E-state index contributed by atoms with van der Waals surface area (Å²) in [5.41, 5.74) is 2.49. The van der Waals surface area contributed by atoms with Crippen LogP contribution in [0.15, 0.2) is 83.9 Å². The molecule has 1 aliphatic heterocycles. The van der Waals surface area contributed by atoms with E-state index in [1.54, 1.807) is 11.5 Å². The number of aromatic nitrogens is 1. The van der Waals surface area contributed by atoms with E-state index >= 15 is 0 Å². The molecule has 5 heteroatoms. The summed E-state index contributed by atoms with van der Waals surface area (Å²) in [6.45, 7) is 2.84. The SMILES string of the molecule is C1=CC2N=C(c3ccccc3)C(CNCCCNc3nsc4ccccc34)C2C=C1. The van der Waals surface area contributed by atoms with Gasteiger partial charge in [0.05, 0.1) is 10.7 Å². The van der Waals surface area contributed by atoms with Gasteiger partial charge in [0.15, 0.2) is 0 Å². The smallest absolute Gasteiger partial charge is 0.147 e. The summed E-state index contributed by atoms with van der Waals surface area (Å²) in [6, 6.07) is 19.3. The number of nitrogens with one attached hydrogen (secondary N) is 2. The average molecular weight is 415 g/mol. The molecule has 2 aromatic carbocycles. The number of rotatable bonds is 8. The van der Waals surface area contributed by atoms with Crippen molar-refractivity contribution in [3.05, 3.63) is 84.5 Å². The Hall–Kier alpha value is -2.76. The molecular weight excluding hydrogens is 388 g/mol. The predicted molar refractivity (Wildman–Crippen MR) is 128 cm³/mol. The van der Waals surface area contributed by atoms with Gasteiger partial charge < -0.3 is 10.6 Å². The Morgan fingerprint density at radius 2 is 1.73 bits per heavy atom. The first-order valence-corrected chi connectivity index (χ1v) is 11.4. The van der Waals surface area contributed by atoms with E-state index in [0.29, 0.717) is 11.8 Å². The molecule has 5 rings (SSSR count). The summed E-state index contributed by atoms with van der Waals surface area (Å²) < 4.78 is 5.78. The van der Waals surface area contributed by atoms with Gasteiger partial charge in [-0.05, 0) is 42.2 Å². The second-order valence-corrected chi connectivity index (χ2v) is 8.64. The van der Waals surface area contributed by atoms with Crippen molar-refractivity contribution in [1.29, 1.82) is 0 Å². The number of hydrogen-bond acceptors (Lipinski definition) is 5. The molecule has 2 heterocycles. The third-order valence-corrected chi connectivity index (χ3v) is 6.71. The van der Waals surface area contributed by atoms with E-state index in [0.717, 1.165) is 31.9 Å². The fourth-order valence-corrected chi connectivity index (χ4v) is 5.13. The molecule has 1 aliphatic carbocycles. The summed E-state index contributed by atoms with van der Waals surface area (Å²) in [5, 5.41) is 8.39. The first kappa shape index (κ1) is 19.2. The quantitative estimate of drug-likeness (QED) is 0.515. The largest absolute Gasteiger partial charge is 0.369 e. The molecule has 0 radical (unpaired) electrons. The lowest BCUT2D eigenvalue weighted by Gasteiger charge is -2.23. The van der Waals surface area contributed by atoms with Gasteiger partial charge in [-0.2, -0.15) is 4.37 Å². The van der Waals surface area contributed by atoms with Gasteiger partial charge in [-0.3, -0.25) is 4.99 Å². The third kappa shape index (κ3) is 3.95. The molecule has 0 amide bonds. The minimum Gasteiger partial charge on any atom is -0.369 e. The van der Waals surface area contributed by atoms with Crippen LogP contribution >= 0.6 is 11.5 Å². The van der Waals surface area contributed by atoms with E-state index in [1.807, 2.05) is 0 Å². The third-order valence-electron chi connectivity index (χ3n) is 5.89. The van der Waals surface area contributed by atoms with E-state index in [4.69, 9.17) is 4.99 Å². The fourth-order valence-electron chi connectivity index (χ4n) is 4.37. The van der Waals surface area contributed by atoms with Crippen LogP contribution in [0.25, 0.3) is 10.1 Å². The van der Waals surface area contributed by atoms with E-state index < -0.39 is 0 Å². The maximum atomic E-state index is 5.06. The zero-order valence-electron chi connectivity index (χ0n) is 16.9. The molecule has 152 valence electrons. The second-order valence-electron chi connectivity index (χ2n) is 7.84. The Balaban J connectivity index is 1.15. The number of aliphatic imine (C=N–C) groups is 1. The average Bonchev–Trinajstić information content (AvgIpc) is 3.38. The normalized spacial score (nSPS) is 22.3. The second kappa shape index (κ2) is 8.94. The van der Waals surface area contributed by atoms with Crippen molar-refractivity contribution in [2.45, 2.75) is 12.5 Å². The highest BCUT2D eigenvalue weighted by molar-refractivity contribution is 7.13. The Morgan fingerprint density at radius 3 is 2.67 bits per heavy atom. The predicted octanol–water partition coefficient (Wildman–Crippen LogP) is 4.92.